The molecule has 0 saturated carbocycles. The van der Waals surface area contributed by atoms with Crippen molar-refractivity contribution in [2.45, 2.75) is 45.2 Å². The zero-order chi connectivity index (χ0) is 26.0. The van der Waals surface area contributed by atoms with Crippen molar-refractivity contribution in [2.24, 2.45) is 5.41 Å². The van der Waals surface area contributed by atoms with Crippen LogP contribution in [0.4, 0.5) is 5.69 Å². The van der Waals surface area contributed by atoms with Crippen molar-refractivity contribution in [1.82, 2.24) is 9.80 Å². The summed E-state index contributed by atoms with van der Waals surface area (Å²) >= 11 is 0. The number of carbonyl (C=O) groups is 2. The number of non-ortho nitro benzene ring substituents is 1. The summed E-state index contributed by atoms with van der Waals surface area (Å²) in [7, 11) is 0. The number of nitrogens with zero attached hydrogens (tertiary/aromatic N) is 3. The molecule has 0 bridgehead atoms. The van der Waals surface area contributed by atoms with Crippen LogP contribution in [0.25, 0.3) is 0 Å². The Hall–Kier alpha value is -3.72. The SMILES string of the molecule is CC1=C(C(=O)O)[C@@H](c2cccc([N+](=O)[O-])c2)[C@@](CN2CCCC2)(C(=O)O)[C@H](C)N1Cc1ccccc1. The molecule has 1 saturated heterocycles. The fourth-order valence-electron chi connectivity index (χ4n) is 5.93. The van der Waals surface area contributed by atoms with E-state index >= 15 is 0 Å². The maximum Gasteiger partial charge on any atom is 0.333 e. The first kappa shape index (κ1) is 25.4. The van der Waals surface area contributed by atoms with Gasteiger partial charge in [-0.2, -0.15) is 0 Å². The number of nitro benzene ring substituents is 1. The van der Waals surface area contributed by atoms with Gasteiger partial charge < -0.3 is 20.0 Å². The van der Waals surface area contributed by atoms with Crippen LogP contribution in [0.5, 0.6) is 0 Å². The molecule has 0 aliphatic carbocycles. The number of allylic oxidation sites excluding steroid dienone is 1. The molecule has 9 heteroatoms. The van der Waals surface area contributed by atoms with Gasteiger partial charge in [0.05, 0.1) is 10.5 Å². The minimum absolute atomic E-state index is 0.0360. The number of hydrogen-bond acceptors (Lipinski definition) is 6. The molecule has 0 radical (unpaired) electrons. The Kier molecular flexibility index (Phi) is 7.12. The highest BCUT2D eigenvalue weighted by molar-refractivity contribution is 5.93. The largest absolute Gasteiger partial charge is 0.481 e. The van der Waals surface area contributed by atoms with Gasteiger partial charge in [-0.15, -0.1) is 0 Å². The van der Waals surface area contributed by atoms with Crippen molar-refractivity contribution >= 4 is 17.6 Å². The number of hydrogen-bond donors (Lipinski definition) is 2. The molecule has 2 heterocycles. The second kappa shape index (κ2) is 10.1. The van der Waals surface area contributed by atoms with Gasteiger partial charge in [-0.05, 0) is 50.9 Å². The Balaban J connectivity index is 1.97. The molecule has 2 aromatic carbocycles. The summed E-state index contributed by atoms with van der Waals surface area (Å²) in [5.74, 6) is -3.40. The van der Waals surface area contributed by atoms with Crippen LogP contribution in [0.2, 0.25) is 0 Å². The van der Waals surface area contributed by atoms with Gasteiger partial charge in [0.25, 0.3) is 5.69 Å². The Bertz CT molecular complexity index is 1190. The third-order valence-electron chi connectivity index (χ3n) is 7.76. The van der Waals surface area contributed by atoms with Crippen molar-refractivity contribution in [1.29, 1.82) is 0 Å². The number of likely N-dealkylation sites (tertiary alicyclic amines) is 1. The minimum atomic E-state index is -1.55. The van der Waals surface area contributed by atoms with Gasteiger partial charge in [0.1, 0.15) is 5.41 Å². The lowest BCUT2D eigenvalue weighted by Crippen LogP contribution is -2.61. The van der Waals surface area contributed by atoms with E-state index in [-0.39, 0.29) is 17.8 Å². The molecule has 0 spiro atoms. The smallest absolute Gasteiger partial charge is 0.333 e. The van der Waals surface area contributed by atoms with E-state index in [0.717, 1.165) is 31.5 Å². The molecule has 4 rings (SSSR count). The van der Waals surface area contributed by atoms with Gasteiger partial charge >= 0.3 is 11.9 Å². The second-order valence-electron chi connectivity index (χ2n) is 9.71. The van der Waals surface area contributed by atoms with E-state index in [1.54, 1.807) is 13.0 Å². The molecule has 9 nitrogen and oxygen atoms in total. The summed E-state index contributed by atoms with van der Waals surface area (Å²) in [6.45, 7) is 5.49. The lowest BCUT2D eigenvalue weighted by Gasteiger charge is -2.53. The van der Waals surface area contributed by atoms with Crippen LogP contribution in [-0.4, -0.2) is 62.6 Å². The molecule has 2 N–H and O–H groups in total. The summed E-state index contributed by atoms with van der Waals surface area (Å²) in [5.41, 5.74) is -0.0624. The minimum Gasteiger partial charge on any atom is -0.481 e. The average molecular weight is 494 g/mol. The van der Waals surface area contributed by atoms with Crippen molar-refractivity contribution in [2.75, 3.05) is 19.6 Å². The normalized spacial score (nSPS) is 24.7. The van der Waals surface area contributed by atoms with E-state index in [9.17, 15) is 29.9 Å². The molecule has 2 aliphatic rings. The highest BCUT2D eigenvalue weighted by Gasteiger charge is 2.59. The standard InChI is InChI=1S/C27H31N3O6/c1-18-23(25(31)32)24(21-11-8-12-22(15-21)30(35)36)27(26(33)34,17-28-13-6-7-14-28)19(2)29(18)16-20-9-4-3-5-10-20/h3-5,8-12,15,19,24H,6-7,13-14,16-17H2,1-2H3,(H,31,32)(H,33,34)/t19-,24+,27-/m0/s1. The number of rotatable bonds is 8. The third-order valence-corrected chi connectivity index (χ3v) is 7.76. The highest BCUT2D eigenvalue weighted by Crippen LogP contribution is 2.52. The maximum absolute atomic E-state index is 13.3. The molecule has 36 heavy (non-hydrogen) atoms. The second-order valence-corrected chi connectivity index (χ2v) is 9.71. The van der Waals surface area contributed by atoms with Crippen molar-refractivity contribution in [3.63, 3.8) is 0 Å². The summed E-state index contributed by atoms with van der Waals surface area (Å²) in [5, 5.41) is 32.9. The van der Waals surface area contributed by atoms with Crippen molar-refractivity contribution < 1.29 is 24.7 Å². The summed E-state index contributed by atoms with van der Waals surface area (Å²) in [6.07, 6.45) is 1.89. The first-order valence-corrected chi connectivity index (χ1v) is 12.1. The molecule has 2 aromatic rings. The lowest BCUT2D eigenvalue weighted by molar-refractivity contribution is -0.384. The predicted octanol–water partition coefficient (Wildman–Crippen LogP) is 4.11. The molecule has 2 aliphatic heterocycles. The third kappa shape index (κ3) is 4.46. The summed E-state index contributed by atoms with van der Waals surface area (Å²) < 4.78 is 0. The molecule has 0 amide bonds. The van der Waals surface area contributed by atoms with Crippen LogP contribution < -0.4 is 0 Å². The van der Waals surface area contributed by atoms with Crippen LogP contribution in [-0.2, 0) is 16.1 Å². The molecule has 1 fully saturated rings. The maximum atomic E-state index is 13.3. The van der Waals surface area contributed by atoms with Crippen molar-refractivity contribution in [3.8, 4) is 0 Å². The molecule has 3 atom stereocenters. The van der Waals surface area contributed by atoms with Crippen LogP contribution in [0.3, 0.4) is 0 Å². The van der Waals surface area contributed by atoms with Gasteiger partial charge in [-0.25, -0.2) is 4.79 Å². The number of aliphatic carboxylic acids is 2. The Morgan fingerprint density at radius 2 is 1.75 bits per heavy atom. The molecule has 0 unspecified atom stereocenters. The Morgan fingerprint density at radius 1 is 1.08 bits per heavy atom. The summed E-state index contributed by atoms with van der Waals surface area (Å²) in [6, 6.07) is 14.7. The number of benzene rings is 2. The Labute approximate surface area is 209 Å². The monoisotopic (exact) mass is 493 g/mol. The van der Waals surface area contributed by atoms with Crippen LogP contribution in [0, 0.1) is 15.5 Å². The predicted molar refractivity (Wildman–Crippen MR) is 133 cm³/mol. The van der Waals surface area contributed by atoms with E-state index in [1.165, 1.54) is 18.2 Å². The highest BCUT2D eigenvalue weighted by atomic mass is 16.6. The topological polar surface area (TPSA) is 124 Å². The number of carboxylic acid groups (broad SMARTS) is 2. The Morgan fingerprint density at radius 3 is 2.33 bits per heavy atom. The van der Waals surface area contributed by atoms with E-state index in [1.807, 2.05) is 42.2 Å². The van der Waals surface area contributed by atoms with Gasteiger partial charge in [0.2, 0.25) is 0 Å². The van der Waals surface area contributed by atoms with E-state index in [0.29, 0.717) is 17.8 Å². The first-order chi connectivity index (χ1) is 17.2. The quantitative estimate of drug-likeness (QED) is 0.416. The summed E-state index contributed by atoms with van der Waals surface area (Å²) in [4.78, 5) is 41.1. The van der Waals surface area contributed by atoms with Gasteiger partial charge in [-0.1, -0.05) is 42.5 Å². The van der Waals surface area contributed by atoms with Gasteiger partial charge in [0, 0.05) is 42.9 Å². The first-order valence-electron chi connectivity index (χ1n) is 12.1. The van der Waals surface area contributed by atoms with Crippen molar-refractivity contribution in [3.05, 3.63) is 87.1 Å². The van der Waals surface area contributed by atoms with Crippen LogP contribution in [0.1, 0.15) is 43.7 Å². The van der Waals surface area contributed by atoms with Gasteiger partial charge in [0.15, 0.2) is 0 Å². The zero-order valence-corrected chi connectivity index (χ0v) is 20.5. The fraction of sp³-hybridized carbons (Fsp3) is 0.407. The van der Waals surface area contributed by atoms with Gasteiger partial charge in [-0.3, -0.25) is 14.9 Å². The van der Waals surface area contributed by atoms with E-state index in [4.69, 9.17) is 0 Å². The lowest BCUT2D eigenvalue weighted by atomic mass is 9.61. The van der Waals surface area contributed by atoms with Crippen LogP contribution in [0.15, 0.2) is 65.9 Å². The van der Waals surface area contributed by atoms with E-state index < -0.39 is 34.2 Å². The molecule has 0 aromatic heterocycles. The number of nitro groups is 1. The fourth-order valence-corrected chi connectivity index (χ4v) is 5.93. The average Bonchev–Trinajstić information content (AvgIpc) is 3.36. The van der Waals surface area contributed by atoms with E-state index in [2.05, 4.69) is 4.90 Å². The zero-order valence-electron chi connectivity index (χ0n) is 20.5. The number of carboxylic acids is 2. The molecular formula is C27H31N3O6. The molecule has 190 valence electrons. The molecular weight excluding hydrogens is 462 g/mol. The van der Waals surface area contributed by atoms with Crippen LogP contribution >= 0.6 is 0 Å².